The molecule has 0 unspecified atom stereocenters. The van der Waals surface area contributed by atoms with E-state index >= 15 is 0 Å². The van der Waals surface area contributed by atoms with Crippen LogP contribution in [0.2, 0.25) is 0 Å². The highest BCUT2D eigenvalue weighted by Gasteiger charge is 2.32. The maximum Gasteiger partial charge on any atom is 0.340 e. The smallest absolute Gasteiger partial charge is 0.340 e. The van der Waals surface area contributed by atoms with Gasteiger partial charge in [0.05, 0.1) is 29.5 Å². The Morgan fingerprint density at radius 3 is 2.42 bits per heavy atom. The minimum Gasteiger partial charge on any atom is -0.463 e. The quantitative estimate of drug-likeness (QED) is 0.664. The Balaban J connectivity index is 1.85. The number of hydrogen-bond donors (Lipinski definition) is 2. The summed E-state index contributed by atoms with van der Waals surface area (Å²) in [5.41, 5.74) is 3.51. The molecule has 1 aliphatic heterocycles. The number of rotatable bonds is 7. The van der Waals surface area contributed by atoms with Crippen LogP contribution in [-0.2, 0) is 14.3 Å². The van der Waals surface area contributed by atoms with Crippen molar-refractivity contribution in [2.75, 3.05) is 13.2 Å². The van der Waals surface area contributed by atoms with Crippen molar-refractivity contribution >= 4 is 18.0 Å². The van der Waals surface area contributed by atoms with Crippen molar-refractivity contribution in [2.24, 2.45) is 0 Å². The van der Waals surface area contributed by atoms with Crippen LogP contribution in [-0.4, -0.2) is 41.8 Å². The largest absolute Gasteiger partial charge is 0.463 e. The lowest BCUT2D eigenvalue weighted by Crippen LogP contribution is -2.51. The SMILES string of the molecule is CCOC(=O)C1=C(COC(=O)c2cc(C)n(-c3ccccc3)c2C)NC(=O)N[C@@H]1CC. The highest BCUT2D eigenvalue weighted by molar-refractivity contribution is 5.95. The summed E-state index contributed by atoms with van der Waals surface area (Å²) in [6, 6.07) is 10.5. The van der Waals surface area contributed by atoms with Crippen LogP contribution in [0.3, 0.4) is 0 Å². The lowest BCUT2D eigenvalue weighted by molar-refractivity contribution is -0.139. The molecule has 0 bridgehead atoms. The molecule has 1 aromatic carbocycles. The van der Waals surface area contributed by atoms with E-state index in [1.807, 2.05) is 55.7 Å². The Hall–Kier alpha value is -3.55. The van der Waals surface area contributed by atoms with Crippen molar-refractivity contribution in [3.63, 3.8) is 0 Å². The first-order valence-corrected chi connectivity index (χ1v) is 10.3. The molecule has 0 saturated heterocycles. The Morgan fingerprint density at radius 2 is 1.77 bits per heavy atom. The van der Waals surface area contributed by atoms with Crippen LogP contribution in [0, 0.1) is 13.8 Å². The summed E-state index contributed by atoms with van der Waals surface area (Å²) in [5, 5.41) is 5.27. The van der Waals surface area contributed by atoms with Gasteiger partial charge in [-0.1, -0.05) is 25.1 Å². The summed E-state index contributed by atoms with van der Waals surface area (Å²) in [6.45, 7) is 7.27. The molecule has 0 fully saturated rings. The minimum atomic E-state index is -0.546. The molecule has 2 amide bonds. The highest BCUT2D eigenvalue weighted by atomic mass is 16.5. The van der Waals surface area contributed by atoms with Gasteiger partial charge in [0.1, 0.15) is 6.61 Å². The summed E-state index contributed by atoms with van der Waals surface area (Å²) in [5.74, 6) is -1.08. The molecule has 1 aliphatic rings. The van der Waals surface area contributed by atoms with E-state index in [-0.39, 0.29) is 24.5 Å². The predicted molar refractivity (Wildman–Crippen MR) is 115 cm³/mol. The zero-order chi connectivity index (χ0) is 22.5. The number of para-hydroxylation sites is 1. The molecule has 0 saturated carbocycles. The number of nitrogens with zero attached hydrogens (tertiary/aromatic N) is 1. The fraction of sp³-hybridized carbons (Fsp3) is 0.348. The van der Waals surface area contributed by atoms with E-state index in [0.717, 1.165) is 17.1 Å². The van der Waals surface area contributed by atoms with Gasteiger partial charge in [-0.05, 0) is 45.4 Å². The summed E-state index contributed by atoms with van der Waals surface area (Å²) in [4.78, 5) is 37.3. The number of aryl methyl sites for hydroxylation is 1. The number of benzene rings is 1. The van der Waals surface area contributed by atoms with Crippen LogP contribution in [0.15, 0.2) is 47.7 Å². The van der Waals surface area contributed by atoms with Gasteiger partial charge in [0.2, 0.25) is 0 Å². The number of amides is 2. The molecule has 8 heteroatoms. The fourth-order valence-electron chi connectivity index (χ4n) is 3.73. The van der Waals surface area contributed by atoms with Gasteiger partial charge in [-0.25, -0.2) is 14.4 Å². The molecule has 8 nitrogen and oxygen atoms in total. The Bertz CT molecular complexity index is 1020. The van der Waals surface area contributed by atoms with Crippen LogP contribution >= 0.6 is 0 Å². The topological polar surface area (TPSA) is 98.7 Å². The molecule has 0 spiro atoms. The second kappa shape index (κ2) is 9.51. The molecule has 1 aromatic heterocycles. The molecule has 2 heterocycles. The van der Waals surface area contributed by atoms with Gasteiger partial charge < -0.3 is 24.7 Å². The number of nitrogens with one attached hydrogen (secondary N) is 2. The standard InChI is InChI=1S/C23H27N3O5/c1-5-18-20(22(28)30-6-2)19(25-23(29)24-18)13-31-21(27)17-12-14(3)26(15(17)4)16-10-8-7-9-11-16/h7-12,18H,5-6,13H2,1-4H3,(H2,24,25,29)/t18-/m1/s1. The Labute approximate surface area is 181 Å². The predicted octanol–water partition coefficient (Wildman–Crippen LogP) is 3.16. The first-order chi connectivity index (χ1) is 14.9. The van der Waals surface area contributed by atoms with Gasteiger partial charge in [-0.15, -0.1) is 0 Å². The fourth-order valence-corrected chi connectivity index (χ4v) is 3.73. The molecule has 164 valence electrons. The minimum absolute atomic E-state index is 0.200. The zero-order valence-corrected chi connectivity index (χ0v) is 18.2. The molecule has 2 aromatic rings. The van der Waals surface area contributed by atoms with E-state index in [9.17, 15) is 14.4 Å². The molecule has 1 atom stereocenters. The average Bonchev–Trinajstić information content (AvgIpc) is 3.06. The van der Waals surface area contributed by atoms with Crippen LogP contribution in [0.5, 0.6) is 0 Å². The number of aromatic nitrogens is 1. The van der Waals surface area contributed by atoms with E-state index in [1.54, 1.807) is 13.0 Å². The third-order valence-corrected chi connectivity index (χ3v) is 5.16. The summed E-state index contributed by atoms with van der Waals surface area (Å²) < 4.78 is 12.6. The van der Waals surface area contributed by atoms with Gasteiger partial charge >= 0.3 is 18.0 Å². The molecule has 31 heavy (non-hydrogen) atoms. The van der Waals surface area contributed by atoms with Crippen molar-refractivity contribution in [2.45, 2.75) is 40.2 Å². The Morgan fingerprint density at radius 1 is 1.06 bits per heavy atom. The van der Waals surface area contributed by atoms with Crippen molar-refractivity contribution in [3.05, 3.63) is 64.6 Å². The first-order valence-electron chi connectivity index (χ1n) is 10.3. The Kier molecular flexibility index (Phi) is 6.79. The molecular weight excluding hydrogens is 398 g/mol. The van der Waals surface area contributed by atoms with E-state index in [4.69, 9.17) is 9.47 Å². The second-order valence-corrected chi connectivity index (χ2v) is 7.20. The summed E-state index contributed by atoms with van der Waals surface area (Å²) in [6.07, 6.45) is 0.497. The van der Waals surface area contributed by atoms with Crippen molar-refractivity contribution in [1.82, 2.24) is 15.2 Å². The average molecular weight is 425 g/mol. The van der Waals surface area contributed by atoms with Gasteiger partial charge in [0, 0.05) is 17.1 Å². The third-order valence-electron chi connectivity index (χ3n) is 5.16. The van der Waals surface area contributed by atoms with E-state index in [1.165, 1.54) is 0 Å². The van der Waals surface area contributed by atoms with Crippen molar-refractivity contribution in [3.8, 4) is 5.69 Å². The number of ether oxygens (including phenoxy) is 2. The maximum absolute atomic E-state index is 12.8. The summed E-state index contributed by atoms with van der Waals surface area (Å²) in [7, 11) is 0. The lowest BCUT2D eigenvalue weighted by atomic mass is 10.0. The second-order valence-electron chi connectivity index (χ2n) is 7.20. The monoisotopic (exact) mass is 425 g/mol. The van der Waals surface area contributed by atoms with Gasteiger partial charge in [0.15, 0.2) is 0 Å². The number of urea groups is 1. The van der Waals surface area contributed by atoms with E-state index in [2.05, 4.69) is 10.6 Å². The number of hydrogen-bond acceptors (Lipinski definition) is 5. The molecule has 0 aliphatic carbocycles. The highest BCUT2D eigenvalue weighted by Crippen LogP contribution is 2.22. The molecule has 0 radical (unpaired) electrons. The van der Waals surface area contributed by atoms with Crippen LogP contribution in [0.4, 0.5) is 4.79 Å². The van der Waals surface area contributed by atoms with Crippen molar-refractivity contribution < 1.29 is 23.9 Å². The molecule has 3 rings (SSSR count). The number of carbonyl (C=O) groups excluding carboxylic acids is 3. The normalized spacial score (nSPS) is 15.9. The van der Waals surface area contributed by atoms with Crippen LogP contribution in [0.25, 0.3) is 5.69 Å². The van der Waals surface area contributed by atoms with Crippen LogP contribution in [0.1, 0.15) is 42.0 Å². The van der Waals surface area contributed by atoms with E-state index in [0.29, 0.717) is 12.0 Å². The summed E-state index contributed by atoms with van der Waals surface area (Å²) >= 11 is 0. The molecule has 2 N–H and O–H groups in total. The lowest BCUT2D eigenvalue weighted by Gasteiger charge is -2.28. The maximum atomic E-state index is 12.8. The van der Waals surface area contributed by atoms with E-state index < -0.39 is 24.0 Å². The van der Waals surface area contributed by atoms with Crippen molar-refractivity contribution in [1.29, 1.82) is 0 Å². The van der Waals surface area contributed by atoms with Gasteiger partial charge in [-0.3, -0.25) is 0 Å². The third kappa shape index (κ3) is 4.63. The van der Waals surface area contributed by atoms with Crippen LogP contribution < -0.4 is 10.6 Å². The molecular formula is C23H27N3O5. The number of esters is 2. The number of carbonyl (C=O) groups is 3. The van der Waals surface area contributed by atoms with Gasteiger partial charge in [-0.2, -0.15) is 0 Å². The van der Waals surface area contributed by atoms with Gasteiger partial charge in [0.25, 0.3) is 0 Å². The zero-order valence-electron chi connectivity index (χ0n) is 18.2. The first kappa shape index (κ1) is 22.1.